The number of carbonyl (C=O) groups is 1. The van der Waals surface area contributed by atoms with Gasteiger partial charge in [0, 0.05) is 17.3 Å². The van der Waals surface area contributed by atoms with Crippen molar-refractivity contribution in [3.8, 4) is 22.5 Å². The number of carbonyl (C=O) groups excluding carboxylic acids is 1. The van der Waals surface area contributed by atoms with Crippen LogP contribution in [0.4, 0.5) is 0 Å². The Kier molecular flexibility index (Phi) is 4.43. The summed E-state index contributed by atoms with van der Waals surface area (Å²) < 4.78 is 5.15. The lowest BCUT2D eigenvalue weighted by molar-refractivity contribution is 0.0520. The van der Waals surface area contributed by atoms with Gasteiger partial charge in [0.15, 0.2) is 11.5 Å². The van der Waals surface area contributed by atoms with Crippen LogP contribution in [0, 0.1) is 0 Å². The molecule has 3 aromatic rings. The number of esters is 1. The van der Waals surface area contributed by atoms with Gasteiger partial charge in [-0.2, -0.15) is 0 Å². The standard InChI is InChI=1S/C19H16N2O2/c1-2-23-19(22)17-16(14-9-5-3-6-10-14)13-20-18(21-17)15-11-7-4-8-12-15/h3-13H,2H2,1H3. The summed E-state index contributed by atoms with van der Waals surface area (Å²) in [5.74, 6) is 0.0688. The van der Waals surface area contributed by atoms with Gasteiger partial charge in [0.1, 0.15) is 0 Å². The van der Waals surface area contributed by atoms with Gasteiger partial charge in [-0.1, -0.05) is 60.7 Å². The van der Waals surface area contributed by atoms with Gasteiger partial charge in [0.05, 0.1) is 6.61 Å². The Morgan fingerprint density at radius 1 is 0.957 bits per heavy atom. The van der Waals surface area contributed by atoms with Gasteiger partial charge in [0.2, 0.25) is 0 Å². The highest BCUT2D eigenvalue weighted by Crippen LogP contribution is 2.25. The van der Waals surface area contributed by atoms with E-state index in [0.717, 1.165) is 11.1 Å². The van der Waals surface area contributed by atoms with E-state index in [0.29, 0.717) is 18.0 Å². The van der Waals surface area contributed by atoms with Crippen molar-refractivity contribution in [1.82, 2.24) is 9.97 Å². The highest BCUT2D eigenvalue weighted by atomic mass is 16.5. The van der Waals surface area contributed by atoms with Crippen molar-refractivity contribution >= 4 is 5.97 Å². The van der Waals surface area contributed by atoms with E-state index in [9.17, 15) is 4.79 Å². The van der Waals surface area contributed by atoms with Crippen LogP contribution in [-0.4, -0.2) is 22.5 Å². The molecule has 1 aromatic heterocycles. The topological polar surface area (TPSA) is 52.1 Å². The zero-order valence-electron chi connectivity index (χ0n) is 12.8. The lowest BCUT2D eigenvalue weighted by Crippen LogP contribution is -2.10. The molecule has 0 bridgehead atoms. The van der Waals surface area contributed by atoms with Crippen molar-refractivity contribution in [1.29, 1.82) is 0 Å². The molecule has 0 aliphatic rings. The van der Waals surface area contributed by atoms with Crippen LogP contribution in [-0.2, 0) is 4.74 Å². The van der Waals surface area contributed by atoms with Crippen LogP contribution in [0.25, 0.3) is 22.5 Å². The van der Waals surface area contributed by atoms with Crippen LogP contribution in [0.15, 0.2) is 66.9 Å². The molecule has 23 heavy (non-hydrogen) atoms. The van der Waals surface area contributed by atoms with Crippen molar-refractivity contribution in [3.63, 3.8) is 0 Å². The average Bonchev–Trinajstić information content (AvgIpc) is 2.63. The Hall–Kier alpha value is -3.01. The number of hydrogen-bond acceptors (Lipinski definition) is 4. The smallest absolute Gasteiger partial charge is 0.357 e. The summed E-state index contributed by atoms with van der Waals surface area (Å²) in [5, 5.41) is 0. The van der Waals surface area contributed by atoms with Gasteiger partial charge in [-0.15, -0.1) is 0 Å². The van der Waals surface area contributed by atoms with Gasteiger partial charge >= 0.3 is 5.97 Å². The van der Waals surface area contributed by atoms with E-state index in [1.54, 1.807) is 13.1 Å². The van der Waals surface area contributed by atoms with Crippen LogP contribution in [0.5, 0.6) is 0 Å². The Balaban J connectivity index is 2.12. The van der Waals surface area contributed by atoms with E-state index in [2.05, 4.69) is 9.97 Å². The third-order valence-corrected chi connectivity index (χ3v) is 3.37. The Bertz CT molecular complexity index is 802. The number of hydrogen-bond donors (Lipinski definition) is 0. The van der Waals surface area contributed by atoms with Crippen molar-refractivity contribution in [2.45, 2.75) is 6.92 Å². The van der Waals surface area contributed by atoms with E-state index in [1.807, 2.05) is 60.7 Å². The summed E-state index contributed by atoms with van der Waals surface area (Å²) in [7, 11) is 0. The SMILES string of the molecule is CCOC(=O)c1nc(-c2ccccc2)ncc1-c1ccccc1. The zero-order chi connectivity index (χ0) is 16.1. The monoisotopic (exact) mass is 304 g/mol. The summed E-state index contributed by atoms with van der Waals surface area (Å²) in [6.07, 6.45) is 1.68. The summed E-state index contributed by atoms with van der Waals surface area (Å²) >= 11 is 0. The fourth-order valence-electron chi connectivity index (χ4n) is 2.29. The van der Waals surface area contributed by atoms with E-state index in [-0.39, 0.29) is 5.69 Å². The molecule has 4 nitrogen and oxygen atoms in total. The van der Waals surface area contributed by atoms with Crippen molar-refractivity contribution in [2.75, 3.05) is 6.61 Å². The molecule has 2 aromatic carbocycles. The van der Waals surface area contributed by atoms with Crippen LogP contribution in [0.1, 0.15) is 17.4 Å². The van der Waals surface area contributed by atoms with Crippen molar-refractivity contribution in [2.24, 2.45) is 0 Å². The first-order valence-electron chi connectivity index (χ1n) is 7.44. The Morgan fingerprint density at radius 3 is 2.17 bits per heavy atom. The normalized spacial score (nSPS) is 10.3. The fraction of sp³-hybridized carbons (Fsp3) is 0.105. The first kappa shape index (κ1) is 14.9. The van der Waals surface area contributed by atoms with Crippen molar-refractivity contribution < 1.29 is 9.53 Å². The predicted octanol–water partition coefficient (Wildman–Crippen LogP) is 3.99. The highest BCUT2D eigenvalue weighted by Gasteiger charge is 2.18. The summed E-state index contributed by atoms with van der Waals surface area (Å²) in [4.78, 5) is 21.2. The Morgan fingerprint density at radius 2 is 1.57 bits per heavy atom. The summed E-state index contributed by atoms with van der Waals surface area (Å²) in [5.41, 5.74) is 2.70. The van der Waals surface area contributed by atoms with E-state index in [1.165, 1.54) is 0 Å². The maximum absolute atomic E-state index is 12.3. The third kappa shape index (κ3) is 3.26. The third-order valence-electron chi connectivity index (χ3n) is 3.37. The van der Waals surface area contributed by atoms with Crippen LogP contribution >= 0.6 is 0 Å². The van der Waals surface area contributed by atoms with Gasteiger partial charge in [0.25, 0.3) is 0 Å². The van der Waals surface area contributed by atoms with Crippen LogP contribution < -0.4 is 0 Å². The predicted molar refractivity (Wildman–Crippen MR) is 88.9 cm³/mol. The molecule has 0 N–H and O–H groups in total. The highest BCUT2D eigenvalue weighted by molar-refractivity contribution is 5.95. The number of aromatic nitrogens is 2. The van der Waals surface area contributed by atoms with E-state index >= 15 is 0 Å². The van der Waals surface area contributed by atoms with Crippen LogP contribution in [0.3, 0.4) is 0 Å². The van der Waals surface area contributed by atoms with E-state index < -0.39 is 5.97 Å². The lowest BCUT2D eigenvalue weighted by Gasteiger charge is -2.10. The van der Waals surface area contributed by atoms with Gasteiger partial charge in [-0.05, 0) is 12.5 Å². The molecule has 0 aliphatic heterocycles. The molecule has 3 rings (SSSR count). The second kappa shape index (κ2) is 6.83. The molecule has 0 saturated carbocycles. The number of nitrogens with zero attached hydrogens (tertiary/aromatic N) is 2. The minimum atomic E-state index is -0.439. The first-order chi connectivity index (χ1) is 11.3. The molecule has 0 aliphatic carbocycles. The number of rotatable bonds is 4. The maximum Gasteiger partial charge on any atom is 0.357 e. The molecule has 0 unspecified atom stereocenters. The molecule has 114 valence electrons. The number of ether oxygens (including phenoxy) is 1. The molecular formula is C19H16N2O2. The lowest BCUT2D eigenvalue weighted by atomic mass is 10.1. The molecule has 0 spiro atoms. The molecule has 0 fully saturated rings. The second-order valence-electron chi connectivity index (χ2n) is 4.91. The maximum atomic E-state index is 12.3. The zero-order valence-corrected chi connectivity index (χ0v) is 12.8. The number of benzene rings is 2. The molecule has 1 heterocycles. The average molecular weight is 304 g/mol. The van der Waals surface area contributed by atoms with Gasteiger partial charge in [-0.3, -0.25) is 0 Å². The molecule has 4 heteroatoms. The quantitative estimate of drug-likeness (QED) is 0.684. The minimum Gasteiger partial charge on any atom is -0.461 e. The Labute approximate surface area is 134 Å². The molecule has 0 atom stereocenters. The summed E-state index contributed by atoms with van der Waals surface area (Å²) in [6.45, 7) is 2.08. The second-order valence-corrected chi connectivity index (χ2v) is 4.91. The molecular weight excluding hydrogens is 288 g/mol. The molecule has 0 radical (unpaired) electrons. The summed E-state index contributed by atoms with van der Waals surface area (Å²) in [6, 6.07) is 19.2. The first-order valence-corrected chi connectivity index (χ1v) is 7.44. The minimum absolute atomic E-state index is 0.284. The van der Waals surface area contributed by atoms with Crippen molar-refractivity contribution in [3.05, 3.63) is 72.6 Å². The van der Waals surface area contributed by atoms with Gasteiger partial charge in [-0.25, -0.2) is 14.8 Å². The van der Waals surface area contributed by atoms with Crippen LogP contribution in [0.2, 0.25) is 0 Å². The van der Waals surface area contributed by atoms with E-state index in [4.69, 9.17) is 4.74 Å². The van der Waals surface area contributed by atoms with Gasteiger partial charge < -0.3 is 4.74 Å². The molecule has 0 saturated heterocycles. The fourth-order valence-corrected chi connectivity index (χ4v) is 2.29. The molecule has 0 amide bonds. The largest absolute Gasteiger partial charge is 0.461 e.